The molecule has 7 heteroatoms. The van der Waals surface area contributed by atoms with Crippen molar-refractivity contribution in [3.8, 4) is 0 Å². The van der Waals surface area contributed by atoms with Crippen LogP contribution >= 0.6 is 11.6 Å². The number of piperazine rings is 1. The van der Waals surface area contributed by atoms with E-state index in [0.29, 0.717) is 6.54 Å². The summed E-state index contributed by atoms with van der Waals surface area (Å²) in [6, 6.07) is 13.9. The second-order valence-electron chi connectivity index (χ2n) is 9.24. The van der Waals surface area contributed by atoms with E-state index in [4.69, 9.17) is 11.6 Å². The highest BCUT2D eigenvalue weighted by molar-refractivity contribution is 6.33. The standard InChI is InChI=1S/C26H33ClN4O2/c1-19-15-20(2)17-22(16-19)28-25(32)18-29-9-7-21(8-10-29)26(33)31-13-11-30(12-14-31)24-6-4-3-5-23(24)27/h3-6,15-17,21H,7-14,18H2,1-2H3,(H,28,32). The molecule has 2 aliphatic heterocycles. The quantitative estimate of drug-likeness (QED) is 0.721. The van der Waals surface area contributed by atoms with Crippen molar-refractivity contribution in [2.45, 2.75) is 26.7 Å². The minimum atomic E-state index is 0.000436. The van der Waals surface area contributed by atoms with E-state index in [9.17, 15) is 9.59 Å². The molecular weight excluding hydrogens is 436 g/mol. The Balaban J connectivity index is 1.21. The Hall–Kier alpha value is -2.57. The molecule has 2 aromatic rings. The Labute approximate surface area is 201 Å². The maximum absolute atomic E-state index is 13.1. The number of hydrogen-bond donors (Lipinski definition) is 1. The Morgan fingerprint density at radius 1 is 0.939 bits per heavy atom. The van der Waals surface area contributed by atoms with Crippen LogP contribution in [0.3, 0.4) is 0 Å². The maximum atomic E-state index is 13.1. The normalized spacial score (nSPS) is 17.8. The number of anilines is 2. The first-order chi connectivity index (χ1) is 15.9. The van der Waals surface area contributed by atoms with Gasteiger partial charge in [-0.25, -0.2) is 0 Å². The van der Waals surface area contributed by atoms with Gasteiger partial charge in [0, 0.05) is 37.8 Å². The third-order valence-electron chi connectivity index (χ3n) is 6.59. The highest BCUT2D eigenvalue weighted by atomic mass is 35.5. The summed E-state index contributed by atoms with van der Waals surface area (Å²) >= 11 is 6.33. The number of nitrogens with zero attached hydrogens (tertiary/aromatic N) is 3. The van der Waals surface area contributed by atoms with Crippen molar-refractivity contribution < 1.29 is 9.59 Å². The highest BCUT2D eigenvalue weighted by Crippen LogP contribution is 2.27. The molecule has 2 aliphatic rings. The van der Waals surface area contributed by atoms with Crippen LogP contribution in [0.4, 0.5) is 11.4 Å². The van der Waals surface area contributed by atoms with Crippen LogP contribution < -0.4 is 10.2 Å². The lowest BCUT2D eigenvalue weighted by atomic mass is 9.95. The van der Waals surface area contributed by atoms with Gasteiger partial charge in [-0.1, -0.05) is 29.8 Å². The summed E-state index contributed by atoms with van der Waals surface area (Å²) in [4.78, 5) is 32.0. The average Bonchev–Trinajstić information content (AvgIpc) is 2.79. The molecule has 6 nitrogen and oxygen atoms in total. The number of benzene rings is 2. The van der Waals surface area contributed by atoms with Gasteiger partial charge in [0.1, 0.15) is 0 Å². The summed E-state index contributed by atoms with van der Waals surface area (Å²) in [6.45, 7) is 9.02. The van der Waals surface area contributed by atoms with Crippen molar-refractivity contribution in [2.24, 2.45) is 5.92 Å². The van der Waals surface area contributed by atoms with Crippen LogP contribution in [0.2, 0.25) is 5.02 Å². The Bertz CT molecular complexity index is 975. The minimum absolute atomic E-state index is 0.000436. The zero-order valence-corrected chi connectivity index (χ0v) is 20.3. The average molecular weight is 469 g/mol. The Morgan fingerprint density at radius 2 is 1.58 bits per heavy atom. The number of rotatable bonds is 5. The van der Waals surface area contributed by atoms with E-state index in [1.165, 1.54) is 0 Å². The maximum Gasteiger partial charge on any atom is 0.238 e. The number of aryl methyl sites for hydroxylation is 2. The van der Waals surface area contributed by atoms with E-state index >= 15 is 0 Å². The van der Waals surface area contributed by atoms with Crippen molar-refractivity contribution in [1.29, 1.82) is 0 Å². The predicted molar refractivity (Wildman–Crippen MR) is 134 cm³/mol. The monoisotopic (exact) mass is 468 g/mol. The number of nitrogens with one attached hydrogen (secondary N) is 1. The van der Waals surface area contributed by atoms with Crippen LogP contribution in [0.5, 0.6) is 0 Å². The third-order valence-corrected chi connectivity index (χ3v) is 6.91. The van der Waals surface area contributed by atoms with Gasteiger partial charge in [0.15, 0.2) is 0 Å². The summed E-state index contributed by atoms with van der Waals surface area (Å²) < 4.78 is 0. The molecule has 0 spiro atoms. The van der Waals surface area contributed by atoms with Crippen LogP contribution in [-0.2, 0) is 9.59 Å². The summed E-state index contributed by atoms with van der Waals surface area (Å²) in [5.74, 6) is 0.309. The molecule has 0 atom stereocenters. The van der Waals surface area contributed by atoms with E-state index in [1.54, 1.807) is 0 Å². The number of piperidine rings is 1. The van der Waals surface area contributed by atoms with E-state index < -0.39 is 0 Å². The molecule has 0 saturated carbocycles. The third kappa shape index (κ3) is 6.06. The lowest BCUT2D eigenvalue weighted by molar-refractivity contribution is -0.137. The number of amides is 2. The van der Waals surface area contributed by atoms with Gasteiger partial charge in [0.25, 0.3) is 0 Å². The number of hydrogen-bond acceptors (Lipinski definition) is 4. The SMILES string of the molecule is Cc1cc(C)cc(NC(=O)CN2CCC(C(=O)N3CCN(c4ccccc4Cl)CC3)CC2)c1. The van der Waals surface area contributed by atoms with Gasteiger partial charge < -0.3 is 15.1 Å². The van der Waals surface area contributed by atoms with Gasteiger partial charge in [0.2, 0.25) is 11.8 Å². The summed E-state index contributed by atoms with van der Waals surface area (Å²) in [7, 11) is 0. The fourth-order valence-electron chi connectivity index (χ4n) is 4.92. The van der Waals surface area contributed by atoms with Gasteiger partial charge in [-0.15, -0.1) is 0 Å². The molecule has 0 bridgehead atoms. The molecule has 176 valence electrons. The zero-order valence-electron chi connectivity index (χ0n) is 19.5. The lowest BCUT2D eigenvalue weighted by Gasteiger charge is -2.39. The lowest BCUT2D eigenvalue weighted by Crippen LogP contribution is -2.52. The predicted octanol–water partition coefficient (Wildman–Crippen LogP) is 3.96. The highest BCUT2D eigenvalue weighted by Gasteiger charge is 2.31. The molecule has 0 aliphatic carbocycles. The van der Waals surface area contributed by atoms with Crippen LogP contribution in [-0.4, -0.2) is 67.4 Å². The molecular formula is C26H33ClN4O2. The molecule has 2 saturated heterocycles. The largest absolute Gasteiger partial charge is 0.367 e. The topological polar surface area (TPSA) is 55.9 Å². The molecule has 0 radical (unpaired) electrons. The van der Waals surface area contributed by atoms with Gasteiger partial charge in [-0.05, 0) is 75.2 Å². The molecule has 2 fully saturated rings. The number of para-hydroxylation sites is 1. The van der Waals surface area contributed by atoms with Crippen LogP contribution in [0, 0.1) is 19.8 Å². The van der Waals surface area contributed by atoms with E-state index in [2.05, 4.69) is 21.2 Å². The molecule has 2 heterocycles. The second-order valence-corrected chi connectivity index (χ2v) is 9.65. The minimum Gasteiger partial charge on any atom is -0.367 e. The molecule has 1 N–H and O–H groups in total. The van der Waals surface area contributed by atoms with Crippen molar-refractivity contribution in [3.63, 3.8) is 0 Å². The first-order valence-electron chi connectivity index (χ1n) is 11.8. The van der Waals surface area contributed by atoms with Gasteiger partial charge in [-0.3, -0.25) is 14.5 Å². The first-order valence-corrected chi connectivity index (χ1v) is 12.2. The molecule has 2 aromatic carbocycles. The Morgan fingerprint density at radius 3 is 2.21 bits per heavy atom. The van der Waals surface area contributed by atoms with Crippen molar-refractivity contribution >= 4 is 34.8 Å². The fourth-order valence-corrected chi connectivity index (χ4v) is 5.18. The fraction of sp³-hybridized carbons (Fsp3) is 0.462. The van der Waals surface area contributed by atoms with E-state index in [0.717, 1.165) is 79.6 Å². The molecule has 33 heavy (non-hydrogen) atoms. The Kier molecular flexibility index (Phi) is 7.56. The van der Waals surface area contributed by atoms with Crippen molar-refractivity contribution in [1.82, 2.24) is 9.80 Å². The summed E-state index contributed by atoms with van der Waals surface area (Å²) in [5, 5.41) is 3.76. The van der Waals surface area contributed by atoms with Gasteiger partial charge in [0.05, 0.1) is 17.3 Å². The van der Waals surface area contributed by atoms with Gasteiger partial charge in [-0.2, -0.15) is 0 Å². The molecule has 0 aromatic heterocycles. The first kappa shape index (κ1) is 23.6. The summed E-state index contributed by atoms with van der Waals surface area (Å²) in [6.07, 6.45) is 1.61. The molecule has 4 rings (SSSR count). The van der Waals surface area contributed by atoms with Crippen LogP contribution in [0.25, 0.3) is 0 Å². The van der Waals surface area contributed by atoms with Crippen molar-refractivity contribution in [3.05, 3.63) is 58.6 Å². The van der Waals surface area contributed by atoms with Gasteiger partial charge >= 0.3 is 0 Å². The van der Waals surface area contributed by atoms with Crippen molar-refractivity contribution in [2.75, 3.05) is 56.0 Å². The second kappa shape index (κ2) is 10.6. The zero-order chi connectivity index (χ0) is 23.4. The number of carbonyl (C=O) groups is 2. The number of carbonyl (C=O) groups excluding carboxylic acids is 2. The number of halogens is 1. The van der Waals surface area contributed by atoms with Crippen LogP contribution in [0.15, 0.2) is 42.5 Å². The summed E-state index contributed by atoms with van der Waals surface area (Å²) in [5.41, 5.74) is 4.16. The van der Waals surface area contributed by atoms with E-state index in [1.807, 2.05) is 55.1 Å². The van der Waals surface area contributed by atoms with Crippen LogP contribution in [0.1, 0.15) is 24.0 Å². The smallest absolute Gasteiger partial charge is 0.238 e. The molecule has 0 unspecified atom stereocenters. The molecule has 2 amide bonds. The van der Waals surface area contributed by atoms with E-state index in [-0.39, 0.29) is 17.7 Å². The number of likely N-dealkylation sites (tertiary alicyclic amines) is 1.